The third-order valence-corrected chi connectivity index (χ3v) is 9.43. The van der Waals surface area contributed by atoms with E-state index in [1.165, 1.54) is 89.9 Å². The average Bonchev–Trinajstić information content (AvgIpc) is 2.84. The number of halogens is 1. The van der Waals surface area contributed by atoms with Crippen LogP contribution in [0.1, 0.15) is 142 Å². The summed E-state index contributed by atoms with van der Waals surface area (Å²) in [7, 11) is 0. The van der Waals surface area contributed by atoms with Crippen LogP contribution in [0.2, 0.25) is 0 Å². The fraction of sp³-hybridized carbons (Fsp3) is 0.967. The Hall–Kier alpha value is -0.600. The molecule has 0 aromatic rings. The first kappa shape index (κ1) is 27.0. The van der Waals surface area contributed by atoms with Crippen LogP contribution in [-0.2, 0) is 9.53 Å². The molecule has 0 aromatic carbocycles. The number of hydrogen-bond acceptors (Lipinski definition) is 2. The van der Waals surface area contributed by atoms with E-state index in [2.05, 4.69) is 13.8 Å². The van der Waals surface area contributed by atoms with Crippen LogP contribution in [0.15, 0.2) is 0 Å². The molecule has 3 heteroatoms. The van der Waals surface area contributed by atoms with Gasteiger partial charge in [0.05, 0.1) is 5.92 Å². The molecule has 33 heavy (non-hydrogen) atoms. The van der Waals surface area contributed by atoms with Gasteiger partial charge in [0.25, 0.3) is 0 Å². The zero-order valence-electron chi connectivity index (χ0n) is 21.9. The van der Waals surface area contributed by atoms with E-state index in [9.17, 15) is 9.18 Å². The highest BCUT2D eigenvalue weighted by molar-refractivity contribution is 5.72. The molecule has 3 atom stereocenters. The highest BCUT2D eigenvalue weighted by Crippen LogP contribution is 2.43. The van der Waals surface area contributed by atoms with Crippen LogP contribution < -0.4 is 0 Å². The van der Waals surface area contributed by atoms with E-state index in [-0.39, 0.29) is 11.9 Å². The molecule has 3 saturated carbocycles. The molecule has 3 aliphatic carbocycles. The monoisotopic (exact) mass is 464 g/mol. The van der Waals surface area contributed by atoms with Crippen LogP contribution in [0, 0.1) is 29.6 Å². The van der Waals surface area contributed by atoms with Gasteiger partial charge in [-0.15, -0.1) is 0 Å². The molecule has 3 rings (SSSR count). The molecule has 0 spiro atoms. The van der Waals surface area contributed by atoms with Crippen molar-refractivity contribution in [3.05, 3.63) is 0 Å². The van der Waals surface area contributed by atoms with E-state index in [0.717, 1.165) is 49.9 Å². The summed E-state index contributed by atoms with van der Waals surface area (Å²) in [5.74, 6) is 3.07. The van der Waals surface area contributed by atoms with Gasteiger partial charge >= 0.3 is 5.97 Å². The van der Waals surface area contributed by atoms with Crippen LogP contribution in [0.25, 0.3) is 0 Å². The molecular weight excluding hydrogens is 411 g/mol. The minimum atomic E-state index is -0.956. The van der Waals surface area contributed by atoms with Crippen molar-refractivity contribution < 1.29 is 13.9 Å². The van der Waals surface area contributed by atoms with Crippen LogP contribution in [0.3, 0.4) is 0 Å². The molecule has 0 N–H and O–H groups in total. The lowest BCUT2D eigenvalue weighted by Crippen LogP contribution is -2.37. The van der Waals surface area contributed by atoms with Crippen molar-refractivity contribution >= 4 is 5.97 Å². The maximum absolute atomic E-state index is 14.8. The first-order valence-corrected chi connectivity index (χ1v) is 14.9. The Balaban J connectivity index is 1.31. The van der Waals surface area contributed by atoms with Gasteiger partial charge in [-0.25, -0.2) is 4.39 Å². The van der Waals surface area contributed by atoms with Gasteiger partial charge in [-0.05, 0) is 81.5 Å². The van der Waals surface area contributed by atoms with E-state index in [1.807, 2.05) is 0 Å². The molecule has 3 unspecified atom stereocenters. The number of rotatable bonds is 12. The van der Waals surface area contributed by atoms with E-state index >= 15 is 0 Å². The lowest BCUT2D eigenvalue weighted by Gasteiger charge is -2.38. The Morgan fingerprint density at radius 2 is 1.24 bits per heavy atom. The Labute approximate surface area is 204 Å². The number of ether oxygens (including phenoxy) is 1. The van der Waals surface area contributed by atoms with Crippen molar-refractivity contribution in [3.8, 4) is 0 Å². The molecule has 0 amide bonds. The second-order valence-corrected chi connectivity index (χ2v) is 11.9. The van der Waals surface area contributed by atoms with Crippen molar-refractivity contribution in [2.45, 2.75) is 155 Å². The summed E-state index contributed by atoms with van der Waals surface area (Å²) in [6.07, 6.45) is 22.6. The highest BCUT2D eigenvalue weighted by Gasteiger charge is 2.37. The Kier molecular flexibility index (Phi) is 12.0. The maximum atomic E-state index is 14.8. The summed E-state index contributed by atoms with van der Waals surface area (Å²) in [6, 6.07) is 0. The second-order valence-electron chi connectivity index (χ2n) is 11.9. The first-order valence-electron chi connectivity index (χ1n) is 14.9. The number of hydrogen-bond donors (Lipinski definition) is 0. The van der Waals surface area contributed by atoms with Gasteiger partial charge in [0.15, 0.2) is 0 Å². The quantitative estimate of drug-likeness (QED) is 0.212. The number of unbranched alkanes of at least 4 members (excludes halogenated alkanes) is 5. The van der Waals surface area contributed by atoms with E-state index in [4.69, 9.17) is 4.74 Å². The molecule has 0 heterocycles. The summed E-state index contributed by atoms with van der Waals surface area (Å²) in [5, 5.41) is 0. The third kappa shape index (κ3) is 8.84. The summed E-state index contributed by atoms with van der Waals surface area (Å²) < 4.78 is 20.5. The van der Waals surface area contributed by atoms with Crippen LogP contribution in [0.5, 0.6) is 0 Å². The smallest absolute Gasteiger partial charge is 0.309 e. The Morgan fingerprint density at radius 3 is 1.88 bits per heavy atom. The first-order chi connectivity index (χ1) is 16.1. The van der Waals surface area contributed by atoms with Gasteiger partial charge in [0, 0.05) is 0 Å². The fourth-order valence-electron chi connectivity index (χ4n) is 7.13. The third-order valence-electron chi connectivity index (χ3n) is 9.43. The molecule has 0 radical (unpaired) electrons. The summed E-state index contributed by atoms with van der Waals surface area (Å²) in [5.41, 5.74) is 0. The minimum Gasteiger partial charge on any atom is -0.459 e. The maximum Gasteiger partial charge on any atom is 0.309 e. The predicted octanol–water partition coefficient (Wildman–Crippen LogP) is 9.20. The summed E-state index contributed by atoms with van der Waals surface area (Å²) in [6.45, 7) is 4.52. The Bertz CT molecular complexity index is 533. The predicted molar refractivity (Wildman–Crippen MR) is 136 cm³/mol. The standard InChI is InChI=1S/C30H53FO2/c1-3-5-7-9-11-24-14-21-29(28(31)22-24)33-30(32)27-19-17-26(18-20-27)25-15-12-23(13-16-25)10-8-6-4-2/h23-29H,3-22H2,1-2H3. The molecule has 0 bridgehead atoms. The lowest BCUT2D eigenvalue weighted by atomic mass is 9.68. The molecule has 3 aliphatic rings. The average molecular weight is 465 g/mol. The minimum absolute atomic E-state index is 0.0191. The van der Waals surface area contributed by atoms with Gasteiger partial charge in [0.2, 0.25) is 0 Å². The van der Waals surface area contributed by atoms with E-state index in [0.29, 0.717) is 12.3 Å². The van der Waals surface area contributed by atoms with Gasteiger partial charge in [0.1, 0.15) is 12.3 Å². The lowest BCUT2D eigenvalue weighted by molar-refractivity contribution is -0.162. The van der Waals surface area contributed by atoms with Crippen molar-refractivity contribution in [2.75, 3.05) is 0 Å². The van der Waals surface area contributed by atoms with Gasteiger partial charge < -0.3 is 4.74 Å². The second kappa shape index (κ2) is 14.7. The van der Waals surface area contributed by atoms with E-state index < -0.39 is 12.3 Å². The normalized spacial score (nSPS) is 35.3. The number of alkyl halides is 1. The highest BCUT2D eigenvalue weighted by atomic mass is 19.1. The number of carbonyl (C=O) groups is 1. The van der Waals surface area contributed by atoms with Gasteiger partial charge in [-0.1, -0.05) is 84.5 Å². The topological polar surface area (TPSA) is 26.3 Å². The van der Waals surface area contributed by atoms with E-state index in [1.54, 1.807) is 0 Å². The van der Waals surface area contributed by atoms with Crippen LogP contribution in [0.4, 0.5) is 4.39 Å². The molecule has 0 saturated heterocycles. The molecule has 2 nitrogen and oxygen atoms in total. The van der Waals surface area contributed by atoms with Gasteiger partial charge in [-0.3, -0.25) is 4.79 Å². The summed E-state index contributed by atoms with van der Waals surface area (Å²) >= 11 is 0. The van der Waals surface area contributed by atoms with Crippen LogP contribution >= 0.6 is 0 Å². The molecule has 0 aromatic heterocycles. The zero-order chi connectivity index (χ0) is 23.5. The Morgan fingerprint density at radius 1 is 0.697 bits per heavy atom. The summed E-state index contributed by atoms with van der Waals surface area (Å²) in [4.78, 5) is 12.8. The molecule has 3 fully saturated rings. The molecule has 192 valence electrons. The number of carbonyl (C=O) groups excluding carboxylic acids is 1. The number of esters is 1. The zero-order valence-corrected chi connectivity index (χ0v) is 21.9. The fourth-order valence-corrected chi connectivity index (χ4v) is 7.13. The van der Waals surface area contributed by atoms with Gasteiger partial charge in [-0.2, -0.15) is 0 Å². The molecular formula is C30H53FO2. The molecule has 0 aliphatic heterocycles. The van der Waals surface area contributed by atoms with Crippen molar-refractivity contribution in [1.82, 2.24) is 0 Å². The van der Waals surface area contributed by atoms with Crippen molar-refractivity contribution in [1.29, 1.82) is 0 Å². The van der Waals surface area contributed by atoms with Crippen molar-refractivity contribution in [2.24, 2.45) is 29.6 Å². The SMILES string of the molecule is CCCCCCC1CCC(OC(=O)C2CCC(C3CCC(CCCCC)CC3)CC2)C(F)C1. The largest absolute Gasteiger partial charge is 0.459 e. The van der Waals surface area contributed by atoms with Crippen LogP contribution in [-0.4, -0.2) is 18.2 Å². The van der Waals surface area contributed by atoms with Crippen molar-refractivity contribution in [3.63, 3.8) is 0 Å².